The summed E-state index contributed by atoms with van der Waals surface area (Å²) in [6.07, 6.45) is 2.89. The first-order valence-corrected chi connectivity index (χ1v) is 12.4. The van der Waals surface area contributed by atoms with Gasteiger partial charge in [-0.2, -0.15) is 4.39 Å². The van der Waals surface area contributed by atoms with Gasteiger partial charge in [-0.3, -0.25) is 4.98 Å². The smallest absolute Gasteiger partial charge is 0.201 e. The van der Waals surface area contributed by atoms with Crippen LogP contribution in [-0.4, -0.2) is 34.1 Å². The molecular formula is C25H18F2N4O4S. The lowest BCUT2D eigenvalue weighted by molar-refractivity contribution is 0.389. The van der Waals surface area contributed by atoms with E-state index in [2.05, 4.69) is 19.9 Å². The number of H-pyrrole nitrogens is 1. The Morgan fingerprint density at radius 3 is 2.47 bits per heavy atom. The summed E-state index contributed by atoms with van der Waals surface area (Å²) in [4.78, 5) is 15.9. The molecule has 0 fully saturated rings. The molecule has 2 aromatic carbocycles. The van der Waals surface area contributed by atoms with Crippen LogP contribution in [0.15, 0.2) is 78.1 Å². The van der Waals surface area contributed by atoms with Gasteiger partial charge in [0, 0.05) is 18.3 Å². The number of fused-ring (bicyclic) bond motifs is 1. The van der Waals surface area contributed by atoms with Gasteiger partial charge >= 0.3 is 0 Å². The number of nitrogens with one attached hydrogen (secondary N) is 1. The van der Waals surface area contributed by atoms with Crippen molar-refractivity contribution in [1.29, 1.82) is 0 Å². The Morgan fingerprint density at radius 1 is 0.917 bits per heavy atom. The highest BCUT2D eigenvalue weighted by molar-refractivity contribution is 7.91. The molecule has 0 saturated carbocycles. The van der Waals surface area contributed by atoms with E-state index in [9.17, 15) is 17.2 Å². The number of hydrogen-bond acceptors (Lipinski definition) is 7. The lowest BCUT2D eigenvalue weighted by atomic mass is 10.2. The molecule has 3 aromatic heterocycles. The number of hydrogen-bond donors (Lipinski definition) is 1. The van der Waals surface area contributed by atoms with E-state index in [0.717, 1.165) is 6.07 Å². The molecule has 0 saturated heterocycles. The van der Waals surface area contributed by atoms with Crippen LogP contribution in [0.4, 0.5) is 8.78 Å². The number of halogens is 2. The van der Waals surface area contributed by atoms with Gasteiger partial charge in [0.2, 0.25) is 5.82 Å². The number of ether oxygens (including phenoxy) is 2. The van der Waals surface area contributed by atoms with Crippen LogP contribution < -0.4 is 9.47 Å². The molecule has 0 bridgehead atoms. The Bertz CT molecular complexity index is 1660. The third-order valence-corrected chi connectivity index (χ3v) is 6.87. The molecule has 8 nitrogen and oxygen atoms in total. The maximum Gasteiger partial charge on any atom is 0.201 e. The number of imidazole rings is 1. The lowest BCUT2D eigenvalue weighted by Gasteiger charge is -2.13. The minimum absolute atomic E-state index is 0.0522. The third kappa shape index (κ3) is 4.60. The Morgan fingerprint density at radius 2 is 1.75 bits per heavy atom. The van der Waals surface area contributed by atoms with Crippen molar-refractivity contribution in [2.45, 2.75) is 11.9 Å². The standard InChI is InChI=1S/C25H18F2N4O4S/c1-2-36(32,33)23-10-9-15(14-29-23)34-21-12-18-19(31-25(30-18)17-7-3-4-11-28-17)13-22(21)35-20-8-5-6-16(26)24(20)27/h3-14H,2H2,1H3,(H,30,31). The average molecular weight is 509 g/mol. The zero-order valence-electron chi connectivity index (χ0n) is 18.8. The van der Waals surface area contributed by atoms with Crippen LogP contribution in [0, 0.1) is 11.6 Å². The average Bonchev–Trinajstić information content (AvgIpc) is 3.30. The molecule has 0 radical (unpaired) electrons. The van der Waals surface area contributed by atoms with Crippen molar-refractivity contribution >= 4 is 20.9 Å². The number of pyridine rings is 2. The molecule has 0 aliphatic heterocycles. The Hall–Kier alpha value is -4.38. The number of sulfone groups is 1. The van der Waals surface area contributed by atoms with Crippen LogP contribution in [0.2, 0.25) is 0 Å². The topological polar surface area (TPSA) is 107 Å². The van der Waals surface area contributed by atoms with Crippen molar-refractivity contribution in [3.05, 3.63) is 84.7 Å². The summed E-state index contributed by atoms with van der Waals surface area (Å²) < 4.78 is 63.8. The van der Waals surface area contributed by atoms with Crippen molar-refractivity contribution in [1.82, 2.24) is 19.9 Å². The summed E-state index contributed by atoms with van der Waals surface area (Å²) in [6.45, 7) is 1.52. The fraction of sp³-hybridized carbons (Fsp3) is 0.0800. The maximum atomic E-state index is 14.3. The van der Waals surface area contributed by atoms with Gasteiger partial charge in [0.05, 0.1) is 23.0 Å². The number of benzene rings is 2. The largest absolute Gasteiger partial charge is 0.452 e. The van der Waals surface area contributed by atoms with Crippen LogP contribution >= 0.6 is 0 Å². The predicted octanol–water partition coefficient (Wildman–Crippen LogP) is 5.68. The van der Waals surface area contributed by atoms with Crippen molar-refractivity contribution in [2.75, 3.05) is 5.75 Å². The zero-order valence-corrected chi connectivity index (χ0v) is 19.6. The summed E-state index contributed by atoms with van der Waals surface area (Å²) in [5.74, 6) is -1.78. The fourth-order valence-electron chi connectivity index (χ4n) is 3.37. The molecule has 5 rings (SSSR count). The van der Waals surface area contributed by atoms with Gasteiger partial charge in [-0.05, 0) is 36.4 Å². The van der Waals surface area contributed by atoms with Gasteiger partial charge in [-0.25, -0.2) is 22.8 Å². The second-order valence-electron chi connectivity index (χ2n) is 7.61. The molecule has 3 heterocycles. The van der Waals surface area contributed by atoms with Crippen LogP contribution in [0.5, 0.6) is 23.0 Å². The van der Waals surface area contributed by atoms with E-state index in [1.54, 1.807) is 24.4 Å². The summed E-state index contributed by atoms with van der Waals surface area (Å²) in [5, 5.41) is -0.0836. The molecule has 0 amide bonds. The number of aromatic nitrogens is 4. The number of nitrogens with zero attached hydrogens (tertiary/aromatic N) is 3. The van der Waals surface area contributed by atoms with Crippen LogP contribution in [0.1, 0.15) is 6.92 Å². The molecule has 36 heavy (non-hydrogen) atoms. The predicted molar refractivity (Wildman–Crippen MR) is 128 cm³/mol. The zero-order chi connectivity index (χ0) is 25.3. The van der Waals surface area contributed by atoms with Gasteiger partial charge in [0.1, 0.15) is 11.4 Å². The molecule has 0 aliphatic carbocycles. The molecule has 0 atom stereocenters. The number of rotatable bonds is 7. The van der Waals surface area contributed by atoms with Gasteiger partial charge in [0.25, 0.3) is 0 Å². The van der Waals surface area contributed by atoms with Gasteiger partial charge in [0.15, 0.2) is 43.8 Å². The molecule has 1 N–H and O–H groups in total. The van der Waals surface area contributed by atoms with Crippen molar-refractivity contribution < 1.29 is 26.7 Å². The lowest BCUT2D eigenvalue weighted by Crippen LogP contribution is -2.05. The second kappa shape index (κ2) is 9.34. The summed E-state index contributed by atoms with van der Waals surface area (Å²) in [6, 6.07) is 14.8. The SMILES string of the molecule is CCS(=O)(=O)c1ccc(Oc2cc3[nH]c(-c4ccccn4)nc3cc2Oc2cccc(F)c2F)cn1. The molecule has 182 valence electrons. The van der Waals surface area contributed by atoms with E-state index in [-0.39, 0.29) is 33.8 Å². The molecule has 0 aliphatic rings. The van der Waals surface area contributed by atoms with Crippen LogP contribution in [0.3, 0.4) is 0 Å². The van der Waals surface area contributed by atoms with E-state index >= 15 is 0 Å². The Kier molecular flexibility index (Phi) is 6.06. The normalized spacial score (nSPS) is 11.5. The highest BCUT2D eigenvalue weighted by Gasteiger charge is 2.18. The van der Waals surface area contributed by atoms with Gasteiger partial charge in [-0.1, -0.05) is 19.1 Å². The van der Waals surface area contributed by atoms with E-state index in [1.807, 2.05) is 6.07 Å². The Balaban J connectivity index is 1.57. The first-order chi connectivity index (χ1) is 17.3. The molecule has 5 aromatic rings. The van der Waals surface area contributed by atoms with Crippen molar-refractivity contribution in [3.63, 3.8) is 0 Å². The molecule has 11 heteroatoms. The van der Waals surface area contributed by atoms with Crippen molar-refractivity contribution in [3.8, 4) is 34.5 Å². The van der Waals surface area contributed by atoms with Gasteiger partial charge < -0.3 is 14.5 Å². The van der Waals surface area contributed by atoms with E-state index in [1.165, 1.54) is 43.5 Å². The highest BCUT2D eigenvalue weighted by Crippen LogP contribution is 2.39. The second-order valence-corrected chi connectivity index (χ2v) is 9.83. The summed E-state index contributed by atoms with van der Waals surface area (Å²) >= 11 is 0. The van der Waals surface area contributed by atoms with Crippen LogP contribution in [0.25, 0.3) is 22.6 Å². The molecular weight excluding hydrogens is 490 g/mol. The summed E-state index contributed by atoms with van der Waals surface area (Å²) in [5.41, 5.74) is 1.64. The highest BCUT2D eigenvalue weighted by atomic mass is 32.2. The van der Waals surface area contributed by atoms with Crippen LogP contribution in [-0.2, 0) is 9.84 Å². The minimum Gasteiger partial charge on any atom is -0.452 e. The van der Waals surface area contributed by atoms with Gasteiger partial charge in [-0.15, -0.1) is 0 Å². The number of aromatic amines is 1. The quantitative estimate of drug-likeness (QED) is 0.302. The fourth-order valence-corrected chi connectivity index (χ4v) is 4.15. The monoisotopic (exact) mass is 508 g/mol. The first-order valence-electron chi connectivity index (χ1n) is 10.8. The third-order valence-electron chi connectivity index (χ3n) is 5.23. The van der Waals surface area contributed by atoms with E-state index in [4.69, 9.17) is 9.47 Å². The summed E-state index contributed by atoms with van der Waals surface area (Å²) in [7, 11) is -3.49. The molecule has 0 unspecified atom stereocenters. The first kappa shape index (κ1) is 23.4. The Labute approximate surface area is 204 Å². The van der Waals surface area contributed by atoms with E-state index in [0.29, 0.717) is 22.6 Å². The molecule has 0 spiro atoms. The maximum absolute atomic E-state index is 14.3. The van der Waals surface area contributed by atoms with Crippen molar-refractivity contribution in [2.24, 2.45) is 0 Å². The minimum atomic E-state index is -3.49. The van der Waals surface area contributed by atoms with E-state index < -0.39 is 21.5 Å².